The average Bonchev–Trinajstić information content (AvgIpc) is 3.17. The summed E-state index contributed by atoms with van der Waals surface area (Å²) in [5, 5.41) is 2.86. The van der Waals surface area contributed by atoms with Gasteiger partial charge in [0.1, 0.15) is 0 Å². The van der Waals surface area contributed by atoms with Gasteiger partial charge in [0.2, 0.25) is 11.8 Å². The van der Waals surface area contributed by atoms with Gasteiger partial charge >= 0.3 is 6.18 Å². The van der Waals surface area contributed by atoms with Crippen molar-refractivity contribution in [1.29, 1.82) is 0 Å². The predicted molar refractivity (Wildman–Crippen MR) is 115 cm³/mol. The molecule has 5 rings (SSSR count). The Bertz CT molecular complexity index is 1180. The molecule has 3 aromatic rings. The number of hydrogen-bond acceptors (Lipinski definition) is 3. The number of hydrazine groups is 1. The number of carbonyl (C=O) groups excluding carboxylic acids is 2. The van der Waals surface area contributed by atoms with Crippen molar-refractivity contribution in [3.63, 3.8) is 0 Å². The second kappa shape index (κ2) is 8.15. The average molecular weight is 450 g/mol. The van der Waals surface area contributed by atoms with Gasteiger partial charge in [0.25, 0.3) is 0 Å². The van der Waals surface area contributed by atoms with Gasteiger partial charge in [-0.05, 0) is 28.8 Å². The van der Waals surface area contributed by atoms with Crippen molar-refractivity contribution in [2.75, 3.05) is 0 Å². The molecule has 168 valence electrons. The summed E-state index contributed by atoms with van der Waals surface area (Å²) in [4.78, 5) is 26.1. The van der Waals surface area contributed by atoms with Crippen molar-refractivity contribution < 1.29 is 22.8 Å². The molecule has 2 saturated heterocycles. The molecule has 2 aliphatic rings. The normalized spacial score (nSPS) is 23.6. The van der Waals surface area contributed by atoms with E-state index < -0.39 is 29.7 Å². The van der Waals surface area contributed by atoms with Crippen LogP contribution in [0.3, 0.4) is 0 Å². The second-order valence-corrected chi connectivity index (χ2v) is 8.40. The zero-order chi connectivity index (χ0) is 23.2. The molecule has 0 bridgehead atoms. The summed E-state index contributed by atoms with van der Waals surface area (Å²) < 4.78 is 40.7. The van der Waals surface area contributed by atoms with Gasteiger partial charge in [-0.1, -0.05) is 72.8 Å². The topological polar surface area (TPSA) is 40.6 Å². The number of hydrogen-bond donors (Lipinski definition) is 0. The Hall–Kier alpha value is -3.45. The maximum Gasteiger partial charge on any atom is 0.416 e. The van der Waals surface area contributed by atoms with E-state index in [1.807, 2.05) is 60.7 Å². The number of rotatable bonds is 3. The van der Waals surface area contributed by atoms with Crippen LogP contribution in [0, 0.1) is 0 Å². The summed E-state index contributed by atoms with van der Waals surface area (Å²) in [6.07, 6.45) is -4.37. The minimum Gasteiger partial charge on any atom is -0.273 e. The highest BCUT2D eigenvalue weighted by atomic mass is 19.4. The molecular weight excluding hydrogens is 429 g/mol. The molecule has 7 heteroatoms. The van der Waals surface area contributed by atoms with Gasteiger partial charge in [0.15, 0.2) is 0 Å². The zero-order valence-corrected chi connectivity index (χ0v) is 17.6. The molecule has 0 saturated carbocycles. The molecule has 0 aliphatic carbocycles. The summed E-state index contributed by atoms with van der Waals surface area (Å²) in [6, 6.07) is 22.7. The first-order chi connectivity index (χ1) is 15.8. The molecule has 4 nitrogen and oxygen atoms in total. The number of nitrogens with zero attached hydrogens (tertiary/aromatic N) is 2. The number of amides is 2. The molecular formula is C26H21F3N2O2. The molecule has 0 unspecified atom stereocenters. The Balaban J connectivity index is 1.69. The number of benzene rings is 3. The fourth-order valence-corrected chi connectivity index (χ4v) is 5.00. The van der Waals surface area contributed by atoms with Crippen LogP contribution in [-0.4, -0.2) is 21.8 Å². The Morgan fingerprint density at radius 2 is 1.27 bits per heavy atom. The van der Waals surface area contributed by atoms with E-state index in [0.717, 1.165) is 28.3 Å². The van der Waals surface area contributed by atoms with Crippen molar-refractivity contribution in [1.82, 2.24) is 10.0 Å². The van der Waals surface area contributed by atoms with Crippen LogP contribution < -0.4 is 0 Å². The van der Waals surface area contributed by atoms with Crippen LogP contribution in [0.25, 0.3) is 0 Å². The maximum atomic E-state index is 13.6. The molecule has 33 heavy (non-hydrogen) atoms. The minimum absolute atomic E-state index is 0.0364. The van der Waals surface area contributed by atoms with E-state index in [1.165, 1.54) is 6.07 Å². The zero-order valence-electron chi connectivity index (χ0n) is 17.6. The molecule has 0 radical (unpaired) electrons. The van der Waals surface area contributed by atoms with E-state index in [9.17, 15) is 22.8 Å². The minimum atomic E-state index is -4.50. The van der Waals surface area contributed by atoms with Gasteiger partial charge in [-0.2, -0.15) is 18.2 Å². The van der Waals surface area contributed by atoms with Crippen LogP contribution in [0.15, 0.2) is 84.9 Å². The first-order valence-corrected chi connectivity index (χ1v) is 10.8. The van der Waals surface area contributed by atoms with Crippen LogP contribution in [-0.2, 0) is 15.8 Å². The van der Waals surface area contributed by atoms with Gasteiger partial charge in [0, 0.05) is 12.3 Å². The molecule has 2 amide bonds. The standard InChI is InChI=1S/C26H21F3N2O2/c27-26(28,29)20-13-7-12-19(14-20)25-21(17-8-3-1-4-9-17)15-23(32)31-24(33)16-22(30(25)31)18-10-5-2-6-11-18/h1-14,21-22,25H,15-16H2/t21-,22+,25+/m0/s1. The van der Waals surface area contributed by atoms with E-state index in [4.69, 9.17) is 0 Å². The SMILES string of the molecule is O=C1C[C@H](c2ccccc2)N2[C@H](c3cccc(C(F)(F)F)c3)[C@H](c3ccccc3)CC(=O)N12. The molecule has 0 aromatic heterocycles. The van der Waals surface area contributed by atoms with Crippen molar-refractivity contribution >= 4 is 11.8 Å². The van der Waals surface area contributed by atoms with Crippen molar-refractivity contribution in [3.8, 4) is 0 Å². The largest absolute Gasteiger partial charge is 0.416 e. The first-order valence-electron chi connectivity index (χ1n) is 10.8. The Morgan fingerprint density at radius 1 is 0.697 bits per heavy atom. The van der Waals surface area contributed by atoms with Gasteiger partial charge in [-0.25, -0.2) is 5.01 Å². The van der Waals surface area contributed by atoms with Crippen molar-refractivity contribution in [2.45, 2.75) is 37.0 Å². The maximum absolute atomic E-state index is 13.6. The monoisotopic (exact) mass is 450 g/mol. The lowest BCUT2D eigenvalue weighted by atomic mass is 9.81. The van der Waals surface area contributed by atoms with Gasteiger partial charge in [-0.3, -0.25) is 9.59 Å². The third-order valence-electron chi connectivity index (χ3n) is 6.42. The highest BCUT2D eigenvalue weighted by Crippen LogP contribution is 2.51. The Labute approximate surface area is 189 Å². The fourth-order valence-electron chi connectivity index (χ4n) is 5.00. The summed E-state index contributed by atoms with van der Waals surface area (Å²) in [6.45, 7) is 0. The van der Waals surface area contributed by atoms with Crippen molar-refractivity contribution in [2.24, 2.45) is 0 Å². The Kier molecular flexibility index (Phi) is 5.29. The number of alkyl halides is 3. The van der Waals surface area contributed by atoms with Gasteiger partial charge in [0.05, 0.1) is 24.1 Å². The van der Waals surface area contributed by atoms with Crippen molar-refractivity contribution in [3.05, 3.63) is 107 Å². The summed E-state index contributed by atoms with van der Waals surface area (Å²) in [5.74, 6) is -1.08. The van der Waals surface area contributed by atoms with Crippen LogP contribution >= 0.6 is 0 Å². The summed E-state index contributed by atoms with van der Waals surface area (Å²) >= 11 is 0. The number of halogens is 3. The molecule has 2 aliphatic heterocycles. The van der Waals surface area contributed by atoms with E-state index in [-0.39, 0.29) is 24.7 Å². The van der Waals surface area contributed by atoms with E-state index in [1.54, 1.807) is 11.1 Å². The third-order valence-corrected chi connectivity index (χ3v) is 6.42. The molecule has 2 fully saturated rings. The molecule has 3 atom stereocenters. The van der Waals surface area contributed by atoms with E-state index in [0.29, 0.717) is 5.56 Å². The van der Waals surface area contributed by atoms with Gasteiger partial charge < -0.3 is 0 Å². The van der Waals surface area contributed by atoms with Crippen LogP contribution in [0.5, 0.6) is 0 Å². The molecule has 3 aromatic carbocycles. The quantitative estimate of drug-likeness (QED) is 0.484. The van der Waals surface area contributed by atoms with E-state index >= 15 is 0 Å². The highest BCUT2D eigenvalue weighted by Gasteiger charge is 2.52. The lowest BCUT2D eigenvalue weighted by molar-refractivity contribution is -0.170. The van der Waals surface area contributed by atoms with Crippen LogP contribution in [0.1, 0.15) is 53.1 Å². The first kappa shape index (κ1) is 21.4. The fraction of sp³-hybridized carbons (Fsp3) is 0.231. The number of fused-ring (bicyclic) bond motifs is 1. The summed E-state index contributed by atoms with van der Waals surface area (Å²) in [7, 11) is 0. The number of imide groups is 1. The predicted octanol–water partition coefficient (Wildman–Crippen LogP) is 5.65. The second-order valence-electron chi connectivity index (χ2n) is 8.40. The van der Waals surface area contributed by atoms with Crippen LogP contribution in [0.2, 0.25) is 0 Å². The smallest absolute Gasteiger partial charge is 0.273 e. The molecule has 2 heterocycles. The molecule has 0 spiro atoms. The summed E-state index contributed by atoms with van der Waals surface area (Å²) in [5.41, 5.74) is 1.36. The van der Waals surface area contributed by atoms with Crippen LogP contribution in [0.4, 0.5) is 13.2 Å². The lowest BCUT2D eigenvalue weighted by Gasteiger charge is -2.46. The van der Waals surface area contributed by atoms with Gasteiger partial charge in [-0.15, -0.1) is 0 Å². The lowest BCUT2D eigenvalue weighted by Crippen LogP contribution is -2.52. The highest BCUT2D eigenvalue weighted by molar-refractivity contribution is 5.97. The molecule has 0 N–H and O–H groups in total. The third kappa shape index (κ3) is 3.82. The Morgan fingerprint density at radius 3 is 1.91 bits per heavy atom. The van der Waals surface area contributed by atoms with E-state index in [2.05, 4.69) is 0 Å². The number of carbonyl (C=O) groups is 2.